The summed E-state index contributed by atoms with van der Waals surface area (Å²) in [6.07, 6.45) is 0. The lowest BCUT2D eigenvalue weighted by Gasteiger charge is -2.36. The van der Waals surface area contributed by atoms with Gasteiger partial charge in [0.2, 0.25) is 6.79 Å². The summed E-state index contributed by atoms with van der Waals surface area (Å²) in [5, 5.41) is 0.720. The molecular formula is C20H19ClN2O4. The van der Waals surface area contributed by atoms with Crippen LogP contribution < -0.4 is 14.2 Å². The molecule has 0 N–H and O–H groups in total. The molecule has 7 heteroatoms. The Labute approximate surface area is 162 Å². The van der Waals surface area contributed by atoms with Crippen LogP contribution in [0.1, 0.15) is 5.56 Å². The lowest BCUT2D eigenvalue weighted by atomic mass is 10.2. The third-order valence-electron chi connectivity index (χ3n) is 4.61. The third kappa shape index (κ3) is 4.19. The van der Waals surface area contributed by atoms with Crippen molar-refractivity contribution in [2.45, 2.75) is 6.54 Å². The molecule has 0 saturated carbocycles. The van der Waals surface area contributed by atoms with Crippen LogP contribution in [0.15, 0.2) is 48.2 Å². The summed E-state index contributed by atoms with van der Waals surface area (Å²) in [6.45, 7) is 3.35. The second kappa shape index (κ2) is 7.92. The van der Waals surface area contributed by atoms with Crippen molar-refractivity contribution in [2.24, 2.45) is 0 Å². The molecule has 2 aromatic carbocycles. The van der Waals surface area contributed by atoms with Gasteiger partial charge < -0.3 is 19.1 Å². The standard InChI is InChI=1S/C20H19ClN2O4/c21-16-3-1-15(2-4-16)10-22-7-8-23(17(11-22)12-24)13-25-18-5-6-19-20(9-18)27-14-26-19/h1-6,9H,7-8,10-11,13-14H2. The van der Waals surface area contributed by atoms with E-state index in [0.29, 0.717) is 42.8 Å². The molecule has 0 spiro atoms. The molecule has 0 amide bonds. The molecular weight excluding hydrogens is 368 g/mol. The number of carbonyl (C=O) groups excluding carboxylic acids is 1. The summed E-state index contributed by atoms with van der Waals surface area (Å²) in [6, 6.07) is 13.2. The molecule has 0 bridgehead atoms. The van der Waals surface area contributed by atoms with E-state index in [4.69, 9.17) is 25.8 Å². The first-order valence-corrected chi connectivity index (χ1v) is 9.07. The van der Waals surface area contributed by atoms with Gasteiger partial charge in [-0.3, -0.25) is 4.90 Å². The predicted octanol–water partition coefficient (Wildman–Crippen LogP) is 2.94. The van der Waals surface area contributed by atoms with Gasteiger partial charge in [0.05, 0.1) is 0 Å². The van der Waals surface area contributed by atoms with Crippen molar-refractivity contribution in [3.63, 3.8) is 0 Å². The zero-order chi connectivity index (χ0) is 18.6. The molecule has 2 heterocycles. The van der Waals surface area contributed by atoms with Crippen molar-refractivity contribution >= 4 is 17.5 Å². The first-order chi connectivity index (χ1) is 13.2. The van der Waals surface area contributed by atoms with Crippen LogP contribution in [0.5, 0.6) is 17.2 Å². The smallest absolute Gasteiger partial charge is 0.231 e. The van der Waals surface area contributed by atoms with Crippen molar-refractivity contribution in [2.75, 3.05) is 33.2 Å². The Morgan fingerprint density at radius 3 is 2.70 bits per heavy atom. The Kier molecular flexibility index (Phi) is 5.21. The molecule has 1 fully saturated rings. The van der Waals surface area contributed by atoms with Gasteiger partial charge in [0.1, 0.15) is 17.4 Å². The minimum atomic E-state index is 0.229. The fraction of sp³-hybridized carbons (Fsp3) is 0.300. The first kappa shape index (κ1) is 17.7. The molecule has 2 aliphatic rings. The minimum absolute atomic E-state index is 0.229. The zero-order valence-electron chi connectivity index (χ0n) is 14.7. The van der Waals surface area contributed by atoms with E-state index in [2.05, 4.69) is 10.8 Å². The van der Waals surface area contributed by atoms with Crippen LogP contribution in [-0.4, -0.2) is 48.9 Å². The summed E-state index contributed by atoms with van der Waals surface area (Å²) in [5.41, 5.74) is 1.76. The van der Waals surface area contributed by atoms with Gasteiger partial charge in [-0.2, -0.15) is 0 Å². The number of rotatable bonds is 5. The average molecular weight is 387 g/mol. The van der Waals surface area contributed by atoms with Crippen LogP contribution >= 0.6 is 11.6 Å². The van der Waals surface area contributed by atoms with Gasteiger partial charge in [-0.25, -0.2) is 4.79 Å². The van der Waals surface area contributed by atoms with Crippen LogP contribution in [0.3, 0.4) is 0 Å². The SMILES string of the molecule is O=C=C1CN(Cc2ccc(Cl)cc2)CCN1COc1ccc2c(c1)OCO2. The molecule has 0 unspecified atom stereocenters. The molecule has 4 rings (SSSR count). The van der Waals surface area contributed by atoms with Crippen molar-refractivity contribution in [1.29, 1.82) is 0 Å². The fourth-order valence-corrected chi connectivity index (χ4v) is 3.26. The zero-order valence-corrected chi connectivity index (χ0v) is 15.4. The molecule has 27 heavy (non-hydrogen) atoms. The Morgan fingerprint density at radius 1 is 1.07 bits per heavy atom. The summed E-state index contributed by atoms with van der Waals surface area (Å²) in [5.74, 6) is 4.12. The molecule has 0 aromatic heterocycles. The van der Waals surface area contributed by atoms with Crippen LogP contribution in [-0.2, 0) is 11.3 Å². The number of benzene rings is 2. The van der Waals surface area contributed by atoms with Crippen LogP contribution in [0.25, 0.3) is 0 Å². The second-order valence-corrected chi connectivity index (χ2v) is 6.87. The molecule has 1 saturated heterocycles. The molecule has 0 atom stereocenters. The molecule has 2 aliphatic heterocycles. The topological polar surface area (TPSA) is 51.2 Å². The van der Waals surface area contributed by atoms with Crippen LogP contribution in [0.2, 0.25) is 5.02 Å². The number of fused-ring (bicyclic) bond motifs is 1. The maximum Gasteiger partial charge on any atom is 0.231 e. The molecule has 6 nitrogen and oxygen atoms in total. The van der Waals surface area contributed by atoms with E-state index in [-0.39, 0.29) is 6.79 Å². The van der Waals surface area contributed by atoms with Crippen LogP contribution in [0, 0.1) is 0 Å². The van der Waals surface area contributed by atoms with E-state index >= 15 is 0 Å². The number of hydrogen-bond donors (Lipinski definition) is 0. The number of hydrogen-bond acceptors (Lipinski definition) is 6. The summed E-state index contributed by atoms with van der Waals surface area (Å²) in [7, 11) is 0. The van der Waals surface area contributed by atoms with Gasteiger partial charge in [-0.15, -0.1) is 0 Å². The second-order valence-electron chi connectivity index (χ2n) is 6.44. The van der Waals surface area contributed by atoms with E-state index < -0.39 is 0 Å². The van der Waals surface area contributed by atoms with Crippen molar-refractivity contribution in [1.82, 2.24) is 9.80 Å². The van der Waals surface area contributed by atoms with Gasteiger partial charge in [0.25, 0.3) is 0 Å². The van der Waals surface area contributed by atoms with E-state index in [9.17, 15) is 4.79 Å². The highest BCUT2D eigenvalue weighted by molar-refractivity contribution is 6.30. The number of halogens is 1. The molecule has 2 aromatic rings. The van der Waals surface area contributed by atoms with Crippen molar-refractivity contribution < 1.29 is 19.0 Å². The summed E-state index contributed by atoms with van der Waals surface area (Å²) in [4.78, 5) is 15.6. The van der Waals surface area contributed by atoms with Crippen molar-refractivity contribution in [3.05, 3.63) is 58.7 Å². The Morgan fingerprint density at radius 2 is 1.89 bits per heavy atom. The maximum absolute atomic E-state index is 11.4. The van der Waals surface area contributed by atoms with E-state index in [1.165, 1.54) is 0 Å². The van der Waals surface area contributed by atoms with Crippen LogP contribution in [0.4, 0.5) is 0 Å². The van der Waals surface area contributed by atoms with Gasteiger partial charge in [0, 0.05) is 37.3 Å². The normalized spacial score (nSPS) is 16.3. The van der Waals surface area contributed by atoms with Crippen molar-refractivity contribution in [3.8, 4) is 17.2 Å². The quantitative estimate of drug-likeness (QED) is 0.736. The Balaban J connectivity index is 1.33. The highest BCUT2D eigenvalue weighted by atomic mass is 35.5. The Hall–Kier alpha value is -2.66. The lowest BCUT2D eigenvalue weighted by Crippen LogP contribution is -2.45. The third-order valence-corrected chi connectivity index (χ3v) is 4.86. The predicted molar refractivity (Wildman–Crippen MR) is 101 cm³/mol. The summed E-state index contributed by atoms with van der Waals surface area (Å²) >= 11 is 5.93. The molecule has 0 aliphatic carbocycles. The number of piperazine rings is 1. The monoisotopic (exact) mass is 386 g/mol. The highest BCUT2D eigenvalue weighted by Crippen LogP contribution is 2.35. The van der Waals surface area contributed by atoms with Gasteiger partial charge in [-0.1, -0.05) is 23.7 Å². The summed E-state index contributed by atoms with van der Waals surface area (Å²) < 4.78 is 16.5. The first-order valence-electron chi connectivity index (χ1n) is 8.69. The van der Waals surface area contributed by atoms with Gasteiger partial charge in [-0.05, 0) is 29.8 Å². The molecule has 140 valence electrons. The average Bonchev–Trinajstić information content (AvgIpc) is 3.16. The van der Waals surface area contributed by atoms with E-state index in [1.54, 1.807) is 6.07 Å². The van der Waals surface area contributed by atoms with E-state index in [0.717, 1.165) is 23.7 Å². The van der Waals surface area contributed by atoms with Gasteiger partial charge >= 0.3 is 0 Å². The Bertz CT molecular complexity index is 865. The number of ether oxygens (including phenoxy) is 3. The minimum Gasteiger partial charge on any atom is -0.473 e. The number of nitrogens with zero attached hydrogens (tertiary/aromatic N) is 2. The lowest BCUT2D eigenvalue weighted by molar-refractivity contribution is 0.101. The fourth-order valence-electron chi connectivity index (χ4n) is 3.13. The molecule has 0 radical (unpaired) electrons. The maximum atomic E-state index is 11.4. The largest absolute Gasteiger partial charge is 0.473 e. The highest BCUT2D eigenvalue weighted by Gasteiger charge is 2.23. The van der Waals surface area contributed by atoms with Gasteiger partial charge in [0.15, 0.2) is 18.2 Å². The van der Waals surface area contributed by atoms with E-state index in [1.807, 2.05) is 41.3 Å².